The number of hydrogen-bond acceptors (Lipinski definition) is 1. The van der Waals surface area contributed by atoms with E-state index in [1.807, 2.05) is 24.3 Å². The smallest absolute Gasteiger partial charge is 0.198 e. The zero-order valence-corrected chi connectivity index (χ0v) is 10.4. The lowest BCUT2D eigenvalue weighted by Crippen LogP contribution is -2.04. The molecule has 19 heavy (non-hydrogen) atoms. The van der Waals surface area contributed by atoms with Gasteiger partial charge in [-0.2, -0.15) is 0 Å². The highest BCUT2D eigenvalue weighted by atomic mass is 19.1. The standard InChI is InChI=1S/C16H12FNO/c1-10-5-4-7-12(15(10)17)16(19)13-9-18-14-8-3-2-6-11(13)14/h2-9,18H,1H3. The van der Waals surface area contributed by atoms with Gasteiger partial charge in [0.2, 0.25) is 0 Å². The van der Waals surface area contributed by atoms with E-state index >= 15 is 0 Å². The Bertz CT molecular complexity index is 773. The minimum Gasteiger partial charge on any atom is -0.360 e. The maximum Gasteiger partial charge on any atom is 0.198 e. The first-order valence-corrected chi connectivity index (χ1v) is 6.04. The molecule has 0 fully saturated rings. The maximum absolute atomic E-state index is 14.0. The second-order valence-corrected chi connectivity index (χ2v) is 4.51. The summed E-state index contributed by atoms with van der Waals surface area (Å²) in [6.45, 7) is 1.65. The summed E-state index contributed by atoms with van der Waals surface area (Å²) in [6.07, 6.45) is 1.63. The first kappa shape index (κ1) is 11.7. The summed E-state index contributed by atoms with van der Waals surface area (Å²) in [5.74, 6) is -0.739. The van der Waals surface area contributed by atoms with Crippen LogP contribution in [0.4, 0.5) is 4.39 Å². The Labute approximate surface area is 109 Å². The molecule has 0 spiro atoms. The molecule has 0 amide bonds. The molecule has 3 heteroatoms. The molecule has 0 saturated heterocycles. The van der Waals surface area contributed by atoms with Crippen LogP contribution in [0.15, 0.2) is 48.7 Å². The summed E-state index contributed by atoms with van der Waals surface area (Å²) < 4.78 is 14.0. The molecule has 0 aliphatic carbocycles. The largest absolute Gasteiger partial charge is 0.360 e. The Morgan fingerprint density at radius 1 is 1.05 bits per heavy atom. The van der Waals surface area contributed by atoms with Crippen LogP contribution >= 0.6 is 0 Å². The summed E-state index contributed by atoms with van der Waals surface area (Å²) in [6, 6.07) is 12.4. The second-order valence-electron chi connectivity index (χ2n) is 4.51. The Morgan fingerprint density at radius 3 is 2.68 bits per heavy atom. The van der Waals surface area contributed by atoms with Crippen molar-refractivity contribution in [3.05, 3.63) is 71.2 Å². The van der Waals surface area contributed by atoms with E-state index in [-0.39, 0.29) is 11.3 Å². The van der Waals surface area contributed by atoms with Crippen LogP contribution in [0.1, 0.15) is 21.5 Å². The van der Waals surface area contributed by atoms with E-state index in [1.165, 1.54) is 6.07 Å². The third-order valence-corrected chi connectivity index (χ3v) is 3.27. The molecule has 0 radical (unpaired) electrons. The fourth-order valence-corrected chi connectivity index (χ4v) is 2.23. The molecular formula is C16H12FNO. The quantitative estimate of drug-likeness (QED) is 0.691. The number of aromatic amines is 1. The van der Waals surface area contributed by atoms with Gasteiger partial charge in [0.15, 0.2) is 5.78 Å². The van der Waals surface area contributed by atoms with Crippen molar-refractivity contribution in [2.75, 3.05) is 0 Å². The molecular weight excluding hydrogens is 241 g/mol. The first-order chi connectivity index (χ1) is 9.18. The van der Waals surface area contributed by atoms with Gasteiger partial charge in [-0.15, -0.1) is 0 Å². The normalized spacial score (nSPS) is 10.8. The zero-order chi connectivity index (χ0) is 13.4. The number of halogens is 1. The molecule has 0 unspecified atom stereocenters. The van der Waals surface area contributed by atoms with Crippen molar-refractivity contribution in [3.8, 4) is 0 Å². The van der Waals surface area contributed by atoms with E-state index in [0.717, 1.165) is 10.9 Å². The van der Waals surface area contributed by atoms with E-state index in [4.69, 9.17) is 0 Å². The Morgan fingerprint density at radius 2 is 1.84 bits per heavy atom. The molecule has 0 saturated carbocycles. The molecule has 2 aromatic carbocycles. The number of carbonyl (C=O) groups excluding carboxylic acids is 1. The van der Waals surface area contributed by atoms with Crippen LogP contribution < -0.4 is 0 Å². The average Bonchev–Trinajstić information content (AvgIpc) is 2.85. The summed E-state index contributed by atoms with van der Waals surface area (Å²) in [4.78, 5) is 15.5. The predicted octanol–water partition coefficient (Wildman–Crippen LogP) is 3.85. The highest BCUT2D eigenvalue weighted by Crippen LogP contribution is 2.22. The number of carbonyl (C=O) groups is 1. The fraction of sp³-hybridized carbons (Fsp3) is 0.0625. The molecule has 3 aromatic rings. The van der Waals surface area contributed by atoms with Crippen LogP contribution in [0.3, 0.4) is 0 Å². The summed E-state index contributed by atoms with van der Waals surface area (Å²) in [5.41, 5.74) is 1.97. The van der Waals surface area contributed by atoms with Gasteiger partial charge in [-0.1, -0.05) is 30.3 Å². The lowest BCUT2D eigenvalue weighted by Gasteiger charge is -2.03. The van der Waals surface area contributed by atoms with Gasteiger partial charge < -0.3 is 4.98 Å². The van der Waals surface area contributed by atoms with Crippen LogP contribution in [-0.2, 0) is 0 Å². The average molecular weight is 253 g/mol. The van der Waals surface area contributed by atoms with Gasteiger partial charge >= 0.3 is 0 Å². The van der Waals surface area contributed by atoms with Gasteiger partial charge in [0.1, 0.15) is 5.82 Å². The second kappa shape index (κ2) is 4.35. The number of fused-ring (bicyclic) bond motifs is 1. The number of H-pyrrole nitrogens is 1. The predicted molar refractivity (Wildman–Crippen MR) is 72.9 cm³/mol. The van der Waals surface area contributed by atoms with Crippen LogP contribution in [0, 0.1) is 12.7 Å². The van der Waals surface area contributed by atoms with Crippen molar-refractivity contribution in [1.82, 2.24) is 4.98 Å². The molecule has 2 nitrogen and oxygen atoms in total. The van der Waals surface area contributed by atoms with E-state index in [2.05, 4.69) is 4.98 Å². The number of rotatable bonds is 2. The summed E-state index contributed by atoms with van der Waals surface area (Å²) in [7, 11) is 0. The van der Waals surface area contributed by atoms with Crippen molar-refractivity contribution in [2.24, 2.45) is 0 Å². The number of benzene rings is 2. The number of nitrogens with one attached hydrogen (secondary N) is 1. The molecule has 1 N–H and O–H groups in total. The van der Waals surface area contributed by atoms with Crippen molar-refractivity contribution in [1.29, 1.82) is 0 Å². The highest BCUT2D eigenvalue weighted by Gasteiger charge is 2.18. The molecule has 0 aliphatic rings. The van der Waals surface area contributed by atoms with Gasteiger partial charge in [-0.25, -0.2) is 4.39 Å². The van der Waals surface area contributed by atoms with Crippen LogP contribution in [-0.4, -0.2) is 10.8 Å². The number of para-hydroxylation sites is 1. The lowest BCUT2D eigenvalue weighted by atomic mass is 10.0. The summed E-state index contributed by atoms with van der Waals surface area (Å²) in [5, 5.41) is 0.813. The van der Waals surface area contributed by atoms with Crippen molar-refractivity contribution in [2.45, 2.75) is 6.92 Å². The van der Waals surface area contributed by atoms with Gasteiger partial charge in [0.05, 0.1) is 5.56 Å². The van der Waals surface area contributed by atoms with Crippen LogP contribution in [0.5, 0.6) is 0 Å². The SMILES string of the molecule is Cc1cccc(C(=O)c2c[nH]c3ccccc23)c1F. The number of hydrogen-bond donors (Lipinski definition) is 1. The Balaban J connectivity index is 2.17. The molecule has 0 atom stereocenters. The number of ketones is 1. The molecule has 1 heterocycles. The third-order valence-electron chi connectivity index (χ3n) is 3.27. The lowest BCUT2D eigenvalue weighted by molar-refractivity contribution is 0.103. The van der Waals surface area contributed by atoms with Crippen molar-refractivity contribution < 1.29 is 9.18 Å². The van der Waals surface area contributed by atoms with E-state index in [9.17, 15) is 9.18 Å². The van der Waals surface area contributed by atoms with E-state index < -0.39 is 5.82 Å². The third kappa shape index (κ3) is 1.83. The summed E-state index contributed by atoms with van der Waals surface area (Å²) >= 11 is 0. The highest BCUT2D eigenvalue weighted by molar-refractivity contribution is 6.16. The van der Waals surface area contributed by atoms with Gasteiger partial charge in [-0.3, -0.25) is 4.79 Å². The Hall–Kier alpha value is -2.42. The first-order valence-electron chi connectivity index (χ1n) is 6.04. The fourth-order valence-electron chi connectivity index (χ4n) is 2.23. The van der Waals surface area contributed by atoms with Crippen molar-refractivity contribution >= 4 is 16.7 Å². The van der Waals surface area contributed by atoms with Crippen LogP contribution in [0.2, 0.25) is 0 Å². The zero-order valence-electron chi connectivity index (χ0n) is 10.4. The van der Waals surface area contributed by atoms with Crippen molar-refractivity contribution in [3.63, 3.8) is 0 Å². The molecule has 0 aliphatic heterocycles. The molecule has 3 rings (SSSR count). The van der Waals surface area contributed by atoms with Gasteiger partial charge in [0, 0.05) is 22.7 Å². The van der Waals surface area contributed by atoms with Crippen LogP contribution in [0.25, 0.3) is 10.9 Å². The maximum atomic E-state index is 14.0. The minimum absolute atomic E-state index is 0.116. The van der Waals surface area contributed by atoms with Gasteiger partial charge in [0.25, 0.3) is 0 Å². The Kier molecular flexibility index (Phi) is 2.67. The minimum atomic E-state index is -0.446. The molecule has 0 bridgehead atoms. The molecule has 94 valence electrons. The molecule has 1 aromatic heterocycles. The van der Waals surface area contributed by atoms with E-state index in [0.29, 0.717) is 11.1 Å². The van der Waals surface area contributed by atoms with Gasteiger partial charge in [-0.05, 0) is 24.6 Å². The monoisotopic (exact) mass is 253 g/mol. The van der Waals surface area contributed by atoms with E-state index in [1.54, 1.807) is 25.3 Å². The number of aromatic nitrogens is 1. The number of aryl methyl sites for hydroxylation is 1. The topological polar surface area (TPSA) is 32.9 Å².